The monoisotopic (exact) mass is 225 g/mol. The highest BCUT2D eigenvalue weighted by molar-refractivity contribution is 9.10. The van der Waals surface area contributed by atoms with Crippen LogP contribution in [0.1, 0.15) is 30.0 Å². The molecule has 0 bridgehead atoms. The van der Waals surface area contributed by atoms with Gasteiger partial charge in [0.15, 0.2) is 0 Å². The van der Waals surface area contributed by atoms with Crippen LogP contribution in [0.2, 0.25) is 0 Å². The van der Waals surface area contributed by atoms with Gasteiger partial charge in [-0.05, 0) is 42.5 Å². The zero-order valence-electron chi connectivity index (χ0n) is 6.89. The molecule has 2 rings (SSSR count). The maximum absolute atomic E-state index is 5.98. The summed E-state index contributed by atoms with van der Waals surface area (Å²) in [6.45, 7) is 0. The molecule has 0 radical (unpaired) electrons. The first kappa shape index (κ1) is 8.27. The van der Waals surface area contributed by atoms with Gasteiger partial charge in [-0.3, -0.25) is 0 Å². The van der Waals surface area contributed by atoms with Gasteiger partial charge in [0.05, 0.1) is 0 Å². The van der Waals surface area contributed by atoms with Crippen molar-refractivity contribution in [3.63, 3.8) is 0 Å². The topological polar surface area (TPSA) is 26.0 Å². The number of aryl methyl sites for hydroxylation is 1. The fraction of sp³-hybridized carbons (Fsp3) is 0.400. The van der Waals surface area contributed by atoms with E-state index < -0.39 is 0 Å². The molecule has 1 aliphatic carbocycles. The first-order valence-corrected chi connectivity index (χ1v) is 5.10. The van der Waals surface area contributed by atoms with E-state index in [1.54, 1.807) is 0 Å². The third kappa shape index (κ3) is 1.41. The quantitative estimate of drug-likeness (QED) is 0.723. The van der Waals surface area contributed by atoms with Crippen molar-refractivity contribution in [1.29, 1.82) is 0 Å². The van der Waals surface area contributed by atoms with Crippen LogP contribution in [0.5, 0.6) is 0 Å². The molecular formula is C10H12BrN. The molecule has 1 nitrogen and oxygen atoms in total. The standard InChI is InChI=1S/C10H12BrN/c11-8-4-5-9-7(6-8)2-1-3-10(9)12/h4-6,10H,1-3,12H2/t10-/m1/s1. The highest BCUT2D eigenvalue weighted by Gasteiger charge is 2.15. The van der Waals surface area contributed by atoms with E-state index in [0.717, 1.165) is 10.9 Å². The van der Waals surface area contributed by atoms with Gasteiger partial charge in [-0.25, -0.2) is 0 Å². The van der Waals surface area contributed by atoms with Crippen LogP contribution in [0.25, 0.3) is 0 Å². The third-order valence-corrected chi connectivity index (χ3v) is 2.96. The zero-order chi connectivity index (χ0) is 8.55. The normalized spacial score (nSPS) is 22.0. The van der Waals surface area contributed by atoms with E-state index in [-0.39, 0.29) is 6.04 Å². The van der Waals surface area contributed by atoms with E-state index in [1.165, 1.54) is 24.0 Å². The number of nitrogens with two attached hydrogens (primary N) is 1. The molecule has 0 spiro atoms. The first-order chi connectivity index (χ1) is 5.77. The molecule has 1 aromatic rings. The largest absolute Gasteiger partial charge is 0.324 e. The lowest BCUT2D eigenvalue weighted by molar-refractivity contribution is 0.570. The summed E-state index contributed by atoms with van der Waals surface area (Å²) < 4.78 is 1.16. The van der Waals surface area contributed by atoms with Gasteiger partial charge in [0, 0.05) is 10.5 Å². The lowest BCUT2D eigenvalue weighted by Gasteiger charge is -2.21. The van der Waals surface area contributed by atoms with Gasteiger partial charge in [-0.1, -0.05) is 22.0 Å². The highest BCUT2D eigenvalue weighted by atomic mass is 79.9. The summed E-state index contributed by atoms with van der Waals surface area (Å²) in [5.41, 5.74) is 8.74. The molecule has 1 aromatic carbocycles. The van der Waals surface area contributed by atoms with Crippen molar-refractivity contribution in [2.45, 2.75) is 25.3 Å². The van der Waals surface area contributed by atoms with Gasteiger partial charge >= 0.3 is 0 Å². The number of hydrogen-bond donors (Lipinski definition) is 1. The van der Waals surface area contributed by atoms with Gasteiger partial charge < -0.3 is 5.73 Å². The average Bonchev–Trinajstić information content (AvgIpc) is 2.04. The Morgan fingerprint density at radius 3 is 3.08 bits per heavy atom. The SMILES string of the molecule is N[C@@H]1CCCc2cc(Br)ccc21. The van der Waals surface area contributed by atoms with E-state index in [0.29, 0.717) is 0 Å². The molecule has 64 valence electrons. The second kappa shape index (κ2) is 3.19. The maximum atomic E-state index is 5.98. The van der Waals surface area contributed by atoms with Crippen LogP contribution in [0, 0.1) is 0 Å². The van der Waals surface area contributed by atoms with E-state index in [1.807, 2.05) is 0 Å². The van der Waals surface area contributed by atoms with Gasteiger partial charge in [0.25, 0.3) is 0 Å². The maximum Gasteiger partial charge on any atom is 0.0297 e. The minimum absolute atomic E-state index is 0.266. The smallest absolute Gasteiger partial charge is 0.0297 e. The number of rotatable bonds is 0. The van der Waals surface area contributed by atoms with Crippen molar-refractivity contribution < 1.29 is 0 Å². The van der Waals surface area contributed by atoms with Crippen molar-refractivity contribution in [2.24, 2.45) is 5.73 Å². The summed E-state index contributed by atoms with van der Waals surface area (Å²) in [5, 5.41) is 0. The molecule has 2 N–H and O–H groups in total. The van der Waals surface area contributed by atoms with Crippen LogP contribution in [0.4, 0.5) is 0 Å². The number of benzene rings is 1. The molecule has 0 fully saturated rings. The molecule has 2 heteroatoms. The Balaban J connectivity index is 2.46. The first-order valence-electron chi connectivity index (χ1n) is 4.31. The minimum Gasteiger partial charge on any atom is -0.324 e. The second-order valence-electron chi connectivity index (χ2n) is 3.34. The zero-order valence-corrected chi connectivity index (χ0v) is 8.47. The molecule has 1 aliphatic rings. The number of fused-ring (bicyclic) bond motifs is 1. The van der Waals surface area contributed by atoms with E-state index in [9.17, 15) is 0 Å². The predicted molar refractivity (Wildman–Crippen MR) is 54.0 cm³/mol. The summed E-state index contributed by atoms with van der Waals surface area (Å²) in [6.07, 6.45) is 3.54. The van der Waals surface area contributed by atoms with E-state index >= 15 is 0 Å². The van der Waals surface area contributed by atoms with Crippen LogP contribution in [0.3, 0.4) is 0 Å². The van der Waals surface area contributed by atoms with Gasteiger partial charge in [0.1, 0.15) is 0 Å². The molecule has 0 aliphatic heterocycles. The van der Waals surface area contributed by atoms with Gasteiger partial charge in [-0.2, -0.15) is 0 Å². The molecule has 0 saturated carbocycles. The summed E-state index contributed by atoms with van der Waals surface area (Å²) in [4.78, 5) is 0. The van der Waals surface area contributed by atoms with Crippen molar-refractivity contribution in [2.75, 3.05) is 0 Å². The Kier molecular flexibility index (Phi) is 2.20. The Morgan fingerprint density at radius 2 is 2.25 bits per heavy atom. The van der Waals surface area contributed by atoms with Crippen LogP contribution < -0.4 is 5.73 Å². The average molecular weight is 226 g/mol. The van der Waals surface area contributed by atoms with Crippen molar-refractivity contribution in [3.05, 3.63) is 33.8 Å². The van der Waals surface area contributed by atoms with Crippen LogP contribution in [-0.2, 0) is 6.42 Å². The molecule has 0 saturated heterocycles. The van der Waals surface area contributed by atoms with Crippen molar-refractivity contribution in [3.8, 4) is 0 Å². The number of halogens is 1. The molecule has 12 heavy (non-hydrogen) atoms. The summed E-state index contributed by atoms with van der Waals surface area (Å²) in [7, 11) is 0. The Bertz CT molecular complexity index is 296. The summed E-state index contributed by atoms with van der Waals surface area (Å²) in [5.74, 6) is 0. The second-order valence-corrected chi connectivity index (χ2v) is 4.26. The van der Waals surface area contributed by atoms with Crippen LogP contribution in [0.15, 0.2) is 22.7 Å². The lowest BCUT2D eigenvalue weighted by Crippen LogP contribution is -2.17. The fourth-order valence-corrected chi connectivity index (χ4v) is 2.23. The molecule has 0 heterocycles. The molecule has 0 unspecified atom stereocenters. The highest BCUT2D eigenvalue weighted by Crippen LogP contribution is 2.29. The van der Waals surface area contributed by atoms with E-state index in [2.05, 4.69) is 34.1 Å². The Hall–Kier alpha value is -0.340. The molecule has 1 atom stereocenters. The fourth-order valence-electron chi connectivity index (χ4n) is 1.82. The van der Waals surface area contributed by atoms with Crippen molar-refractivity contribution >= 4 is 15.9 Å². The van der Waals surface area contributed by atoms with Gasteiger partial charge in [-0.15, -0.1) is 0 Å². The van der Waals surface area contributed by atoms with Gasteiger partial charge in [0.2, 0.25) is 0 Å². The number of hydrogen-bond acceptors (Lipinski definition) is 1. The van der Waals surface area contributed by atoms with Crippen LogP contribution >= 0.6 is 15.9 Å². The molecule has 0 aromatic heterocycles. The lowest BCUT2D eigenvalue weighted by atomic mass is 9.88. The Labute approximate surface area is 81.1 Å². The third-order valence-electron chi connectivity index (χ3n) is 2.47. The predicted octanol–water partition coefficient (Wildman–Crippen LogP) is 2.79. The summed E-state index contributed by atoms with van der Waals surface area (Å²) >= 11 is 3.47. The van der Waals surface area contributed by atoms with E-state index in [4.69, 9.17) is 5.73 Å². The molecular weight excluding hydrogens is 214 g/mol. The van der Waals surface area contributed by atoms with Crippen molar-refractivity contribution in [1.82, 2.24) is 0 Å². The minimum atomic E-state index is 0.266. The Morgan fingerprint density at radius 1 is 1.42 bits per heavy atom. The molecule has 0 amide bonds. The summed E-state index contributed by atoms with van der Waals surface area (Å²) in [6, 6.07) is 6.67. The van der Waals surface area contributed by atoms with Crippen LogP contribution in [-0.4, -0.2) is 0 Å².